The van der Waals surface area contributed by atoms with Gasteiger partial charge in [-0.1, -0.05) is 32.0 Å². The van der Waals surface area contributed by atoms with Crippen molar-refractivity contribution in [2.45, 2.75) is 51.7 Å². The molecule has 1 unspecified atom stereocenters. The molecule has 1 N–H and O–H groups in total. The summed E-state index contributed by atoms with van der Waals surface area (Å²) in [4.78, 5) is 27.5. The molecule has 0 bridgehead atoms. The fourth-order valence-electron chi connectivity index (χ4n) is 4.05. The summed E-state index contributed by atoms with van der Waals surface area (Å²) in [5.41, 5.74) is 1.60. The van der Waals surface area contributed by atoms with Crippen LogP contribution in [-0.4, -0.2) is 56.2 Å². The number of nitrogens with one attached hydrogen (secondary N) is 1. The number of hydrogen-bond acceptors (Lipinski definition) is 5. The van der Waals surface area contributed by atoms with Gasteiger partial charge in [0.1, 0.15) is 5.75 Å². The number of piperidine rings is 1. The lowest BCUT2D eigenvalue weighted by Crippen LogP contribution is -2.49. The highest BCUT2D eigenvalue weighted by atomic mass is 16.5. The number of rotatable bonds is 8. The normalized spacial score (nSPS) is 15.2. The lowest BCUT2D eigenvalue weighted by molar-refractivity contribution is -0.139. The summed E-state index contributed by atoms with van der Waals surface area (Å²) in [5.74, 6) is 1.96. The Morgan fingerprint density at radius 1 is 0.939 bits per heavy atom. The molecule has 7 nitrogen and oxygen atoms in total. The van der Waals surface area contributed by atoms with Crippen LogP contribution in [0.4, 0.5) is 0 Å². The van der Waals surface area contributed by atoms with Crippen LogP contribution in [0.1, 0.15) is 55.5 Å². The van der Waals surface area contributed by atoms with Crippen molar-refractivity contribution in [1.29, 1.82) is 0 Å². The maximum absolute atomic E-state index is 13.0. The summed E-state index contributed by atoms with van der Waals surface area (Å²) < 4.78 is 16.5. The van der Waals surface area contributed by atoms with E-state index in [-0.39, 0.29) is 17.9 Å². The SMILES string of the molecule is COc1ccc(C(=O)NC2CCN(C(=O)C(C)Oc3ccccc3C(C)C)CC2)cc1OC. The van der Waals surface area contributed by atoms with Crippen molar-refractivity contribution >= 4 is 11.8 Å². The molecule has 0 aliphatic carbocycles. The fraction of sp³-hybridized carbons (Fsp3) is 0.462. The van der Waals surface area contributed by atoms with Crippen LogP contribution in [0, 0.1) is 0 Å². The van der Waals surface area contributed by atoms with Gasteiger partial charge in [0.25, 0.3) is 11.8 Å². The van der Waals surface area contributed by atoms with E-state index in [0.29, 0.717) is 48.9 Å². The first-order chi connectivity index (χ1) is 15.8. The molecule has 3 rings (SSSR count). The second-order valence-electron chi connectivity index (χ2n) is 8.60. The summed E-state index contributed by atoms with van der Waals surface area (Å²) in [5, 5.41) is 3.07. The minimum Gasteiger partial charge on any atom is -0.493 e. The van der Waals surface area contributed by atoms with Crippen LogP contribution in [-0.2, 0) is 4.79 Å². The maximum atomic E-state index is 13.0. The molecule has 0 spiro atoms. The number of nitrogens with zero attached hydrogens (tertiary/aromatic N) is 1. The Balaban J connectivity index is 1.53. The van der Waals surface area contributed by atoms with Crippen molar-refractivity contribution < 1.29 is 23.8 Å². The zero-order valence-corrected chi connectivity index (χ0v) is 20.1. The van der Waals surface area contributed by atoms with E-state index in [2.05, 4.69) is 19.2 Å². The van der Waals surface area contributed by atoms with Gasteiger partial charge in [-0.3, -0.25) is 9.59 Å². The highest BCUT2D eigenvalue weighted by Crippen LogP contribution is 2.28. The van der Waals surface area contributed by atoms with Crippen molar-refractivity contribution in [2.75, 3.05) is 27.3 Å². The number of hydrogen-bond donors (Lipinski definition) is 1. The molecular weight excluding hydrogens is 420 g/mol. The molecule has 2 aromatic carbocycles. The van der Waals surface area contributed by atoms with E-state index in [0.717, 1.165) is 11.3 Å². The van der Waals surface area contributed by atoms with Gasteiger partial charge in [-0.05, 0) is 55.5 Å². The standard InChI is InChI=1S/C26H34N2O5/c1-17(2)21-8-6-7-9-22(21)33-18(3)26(30)28-14-12-20(13-15-28)27-25(29)19-10-11-23(31-4)24(16-19)32-5/h6-11,16-18,20H,12-15H2,1-5H3,(H,27,29). The number of benzene rings is 2. The van der Waals surface area contributed by atoms with E-state index >= 15 is 0 Å². The first-order valence-corrected chi connectivity index (χ1v) is 11.4. The van der Waals surface area contributed by atoms with Crippen molar-refractivity contribution in [3.8, 4) is 17.2 Å². The Labute approximate surface area is 196 Å². The van der Waals surface area contributed by atoms with Crippen LogP contribution in [0.25, 0.3) is 0 Å². The summed E-state index contributed by atoms with van der Waals surface area (Å²) in [6.45, 7) is 7.17. The topological polar surface area (TPSA) is 77.1 Å². The molecular formula is C26H34N2O5. The van der Waals surface area contributed by atoms with Gasteiger partial charge in [-0.25, -0.2) is 0 Å². The molecule has 1 aliphatic heterocycles. The largest absolute Gasteiger partial charge is 0.493 e. The number of methoxy groups -OCH3 is 2. The Hall–Kier alpha value is -3.22. The van der Waals surface area contributed by atoms with Gasteiger partial charge in [0.05, 0.1) is 14.2 Å². The van der Waals surface area contributed by atoms with E-state index in [9.17, 15) is 9.59 Å². The summed E-state index contributed by atoms with van der Waals surface area (Å²) in [6.07, 6.45) is 0.822. The first kappa shape index (κ1) is 24.4. The van der Waals surface area contributed by atoms with Crippen LogP contribution < -0.4 is 19.5 Å². The monoisotopic (exact) mass is 454 g/mol. The molecule has 0 aromatic heterocycles. The Kier molecular flexibility index (Phi) is 8.20. The number of ether oxygens (including phenoxy) is 3. The minimum absolute atomic E-state index is 0.00698. The predicted molar refractivity (Wildman–Crippen MR) is 127 cm³/mol. The van der Waals surface area contributed by atoms with E-state index in [4.69, 9.17) is 14.2 Å². The van der Waals surface area contributed by atoms with Gasteiger partial charge >= 0.3 is 0 Å². The summed E-state index contributed by atoms with van der Waals surface area (Å²) in [6, 6.07) is 12.9. The lowest BCUT2D eigenvalue weighted by Gasteiger charge is -2.34. The molecule has 2 aromatic rings. The van der Waals surface area contributed by atoms with E-state index in [1.54, 1.807) is 39.3 Å². The molecule has 33 heavy (non-hydrogen) atoms. The molecule has 178 valence electrons. The van der Waals surface area contributed by atoms with Gasteiger partial charge in [0.2, 0.25) is 0 Å². The lowest BCUT2D eigenvalue weighted by atomic mass is 10.0. The second-order valence-corrected chi connectivity index (χ2v) is 8.60. The third kappa shape index (κ3) is 5.97. The molecule has 1 fully saturated rings. The molecule has 1 saturated heterocycles. The van der Waals surface area contributed by atoms with Gasteiger partial charge < -0.3 is 24.4 Å². The molecule has 7 heteroatoms. The molecule has 0 radical (unpaired) electrons. The number of likely N-dealkylation sites (tertiary alicyclic amines) is 1. The second kappa shape index (κ2) is 11.1. The molecule has 0 saturated carbocycles. The quantitative estimate of drug-likeness (QED) is 0.652. The minimum atomic E-state index is -0.567. The Morgan fingerprint density at radius 2 is 1.61 bits per heavy atom. The number of carbonyl (C=O) groups excluding carboxylic acids is 2. The highest BCUT2D eigenvalue weighted by Gasteiger charge is 2.28. The zero-order chi connectivity index (χ0) is 24.0. The van der Waals surface area contributed by atoms with Crippen LogP contribution in [0.3, 0.4) is 0 Å². The number of amides is 2. The van der Waals surface area contributed by atoms with Crippen LogP contribution in [0.15, 0.2) is 42.5 Å². The Bertz CT molecular complexity index is 967. The van der Waals surface area contributed by atoms with Gasteiger partial charge in [0, 0.05) is 24.7 Å². The van der Waals surface area contributed by atoms with Gasteiger partial charge in [-0.2, -0.15) is 0 Å². The van der Waals surface area contributed by atoms with E-state index < -0.39 is 6.10 Å². The average Bonchev–Trinajstić information content (AvgIpc) is 2.83. The fourth-order valence-corrected chi connectivity index (χ4v) is 4.05. The highest BCUT2D eigenvalue weighted by molar-refractivity contribution is 5.95. The first-order valence-electron chi connectivity index (χ1n) is 11.4. The summed E-state index contributed by atoms with van der Waals surface area (Å²) in [7, 11) is 3.10. The number of carbonyl (C=O) groups is 2. The van der Waals surface area contributed by atoms with Crippen molar-refractivity contribution in [2.24, 2.45) is 0 Å². The number of para-hydroxylation sites is 1. The third-order valence-corrected chi connectivity index (χ3v) is 5.98. The average molecular weight is 455 g/mol. The molecule has 1 heterocycles. The van der Waals surface area contributed by atoms with Crippen LogP contribution in [0.2, 0.25) is 0 Å². The molecule has 1 atom stereocenters. The van der Waals surface area contributed by atoms with Gasteiger partial charge in [-0.15, -0.1) is 0 Å². The smallest absolute Gasteiger partial charge is 0.263 e. The van der Waals surface area contributed by atoms with E-state index in [1.807, 2.05) is 29.2 Å². The van der Waals surface area contributed by atoms with Crippen LogP contribution >= 0.6 is 0 Å². The van der Waals surface area contributed by atoms with E-state index in [1.165, 1.54) is 0 Å². The van der Waals surface area contributed by atoms with Gasteiger partial charge in [0.15, 0.2) is 17.6 Å². The van der Waals surface area contributed by atoms with Crippen molar-refractivity contribution in [3.63, 3.8) is 0 Å². The third-order valence-electron chi connectivity index (χ3n) is 5.98. The van der Waals surface area contributed by atoms with Crippen molar-refractivity contribution in [3.05, 3.63) is 53.6 Å². The predicted octanol–water partition coefficient (Wildman–Crippen LogP) is 4.02. The summed E-state index contributed by atoms with van der Waals surface area (Å²) >= 11 is 0. The molecule has 2 amide bonds. The Morgan fingerprint density at radius 3 is 2.24 bits per heavy atom. The van der Waals surface area contributed by atoms with Crippen LogP contribution in [0.5, 0.6) is 17.2 Å². The maximum Gasteiger partial charge on any atom is 0.263 e. The zero-order valence-electron chi connectivity index (χ0n) is 20.1. The molecule has 1 aliphatic rings. The van der Waals surface area contributed by atoms with Crippen molar-refractivity contribution in [1.82, 2.24) is 10.2 Å².